The topological polar surface area (TPSA) is 34.1 Å². The zero-order chi connectivity index (χ0) is 16.8. The van der Waals surface area contributed by atoms with Gasteiger partial charge >= 0.3 is 0 Å². The summed E-state index contributed by atoms with van der Waals surface area (Å²) in [5.41, 5.74) is 2.15. The van der Waals surface area contributed by atoms with E-state index in [4.69, 9.17) is 9.47 Å². The minimum atomic E-state index is -0.276. The third-order valence-electron chi connectivity index (χ3n) is 3.81. The van der Waals surface area contributed by atoms with Gasteiger partial charge in [0.05, 0.1) is 19.0 Å². The predicted octanol–water partition coefficient (Wildman–Crippen LogP) is 4.63. The summed E-state index contributed by atoms with van der Waals surface area (Å²) < 4.78 is 11.3. The Balaban J connectivity index is 1.83. The van der Waals surface area contributed by atoms with E-state index in [0.717, 1.165) is 35.7 Å². The molecule has 0 aromatic heterocycles. The third-order valence-corrected chi connectivity index (χ3v) is 3.81. The van der Waals surface area contributed by atoms with Crippen LogP contribution in [0.15, 0.2) is 71.5 Å². The first-order valence-corrected chi connectivity index (χ1v) is 8.19. The maximum absolute atomic E-state index is 6.12. The van der Waals surface area contributed by atoms with Gasteiger partial charge in [0, 0.05) is 11.9 Å². The Bertz CT molecular complexity index is 708. The molecule has 1 unspecified atom stereocenters. The summed E-state index contributed by atoms with van der Waals surface area (Å²) in [6.45, 7) is 2.16. The van der Waals surface area contributed by atoms with Gasteiger partial charge in [0.25, 0.3) is 0 Å². The molecular weight excluding hydrogens is 300 g/mol. The van der Waals surface area contributed by atoms with Crippen molar-refractivity contribution >= 4 is 11.9 Å². The van der Waals surface area contributed by atoms with Gasteiger partial charge in [-0.3, -0.25) is 4.99 Å². The van der Waals surface area contributed by atoms with Gasteiger partial charge in [-0.05, 0) is 42.8 Å². The molecule has 0 amide bonds. The zero-order valence-corrected chi connectivity index (χ0v) is 14.1. The van der Waals surface area contributed by atoms with Crippen molar-refractivity contribution in [2.45, 2.75) is 26.0 Å². The predicted molar refractivity (Wildman–Crippen MR) is 97.8 cm³/mol. The van der Waals surface area contributed by atoms with Crippen LogP contribution in [0.1, 0.15) is 19.8 Å². The number of aliphatic imine (C=N–C) groups is 1. The van der Waals surface area contributed by atoms with Crippen LogP contribution in [0, 0.1) is 0 Å². The summed E-state index contributed by atoms with van der Waals surface area (Å²) in [5, 5.41) is 0. The normalized spacial score (nSPS) is 16.7. The Morgan fingerprint density at radius 1 is 1.00 bits per heavy atom. The van der Waals surface area contributed by atoms with Gasteiger partial charge in [0.1, 0.15) is 11.5 Å². The maximum atomic E-state index is 6.12. The second kappa shape index (κ2) is 7.68. The van der Waals surface area contributed by atoms with Crippen LogP contribution in [-0.4, -0.2) is 19.6 Å². The van der Waals surface area contributed by atoms with Crippen LogP contribution in [0.5, 0.6) is 11.5 Å². The van der Waals surface area contributed by atoms with Crippen molar-refractivity contribution in [2.75, 3.05) is 12.0 Å². The molecule has 1 atom stereocenters. The smallest absolute Gasteiger partial charge is 0.212 e. The summed E-state index contributed by atoms with van der Waals surface area (Å²) in [6, 6.07) is 17.8. The Hall–Kier alpha value is -2.75. The van der Waals surface area contributed by atoms with Gasteiger partial charge in [0.15, 0.2) is 0 Å². The average molecular weight is 322 g/mol. The minimum Gasteiger partial charge on any atom is -0.497 e. The van der Waals surface area contributed by atoms with Gasteiger partial charge in [-0.25, -0.2) is 0 Å². The number of methoxy groups -OCH3 is 1. The molecule has 0 aliphatic carbocycles. The number of rotatable bonds is 6. The molecule has 0 saturated carbocycles. The lowest BCUT2D eigenvalue weighted by Crippen LogP contribution is -2.39. The van der Waals surface area contributed by atoms with Gasteiger partial charge < -0.3 is 14.4 Å². The molecule has 1 heterocycles. The van der Waals surface area contributed by atoms with Crippen LogP contribution >= 0.6 is 0 Å². The molecule has 4 heteroatoms. The molecule has 2 aromatic rings. The molecule has 0 fully saturated rings. The number of anilines is 1. The van der Waals surface area contributed by atoms with E-state index in [1.807, 2.05) is 48.7 Å². The van der Waals surface area contributed by atoms with Crippen molar-refractivity contribution in [1.82, 2.24) is 0 Å². The minimum absolute atomic E-state index is 0.276. The van der Waals surface area contributed by atoms with E-state index < -0.39 is 0 Å². The highest BCUT2D eigenvalue weighted by Gasteiger charge is 2.21. The molecule has 1 aliphatic rings. The Morgan fingerprint density at radius 3 is 2.38 bits per heavy atom. The van der Waals surface area contributed by atoms with Crippen molar-refractivity contribution in [3.8, 4) is 11.5 Å². The summed E-state index contributed by atoms with van der Waals surface area (Å²) in [4.78, 5) is 6.66. The van der Waals surface area contributed by atoms with Crippen molar-refractivity contribution in [2.24, 2.45) is 4.99 Å². The van der Waals surface area contributed by atoms with Crippen LogP contribution in [0.4, 0.5) is 5.69 Å². The summed E-state index contributed by atoms with van der Waals surface area (Å²) in [7, 11) is 1.65. The summed E-state index contributed by atoms with van der Waals surface area (Å²) in [6.07, 6.45) is 5.68. The Morgan fingerprint density at radius 2 is 1.71 bits per heavy atom. The fourth-order valence-electron chi connectivity index (χ4n) is 2.59. The number of ether oxygens (including phenoxy) is 2. The number of allylic oxidation sites excluding steroid dienone is 1. The van der Waals surface area contributed by atoms with Crippen LogP contribution in [0.25, 0.3) is 0 Å². The van der Waals surface area contributed by atoms with E-state index in [1.54, 1.807) is 7.11 Å². The first-order valence-electron chi connectivity index (χ1n) is 8.19. The Kier molecular flexibility index (Phi) is 5.16. The van der Waals surface area contributed by atoms with Crippen LogP contribution in [0.3, 0.4) is 0 Å². The largest absolute Gasteiger partial charge is 0.497 e. The lowest BCUT2D eigenvalue weighted by atomic mass is 10.2. The van der Waals surface area contributed by atoms with Crippen LogP contribution in [0.2, 0.25) is 0 Å². The second-order valence-corrected chi connectivity index (χ2v) is 5.58. The molecule has 0 spiro atoms. The molecule has 2 aromatic carbocycles. The molecule has 124 valence electrons. The van der Waals surface area contributed by atoms with Crippen molar-refractivity contribution in [3.63, 3.8) is 0 Å². The van der Waals surface area contributed by atoms with Gasteiger partial charge in [-0.15, -0.1) is 0 Å². The quantitative estimate of drug-likeness (QED) is 0.777. The van der Waals surface area contributed by atoms with Crippen molar-refractivity contribution in [1.29, 1.82) is 0 Å². The molecule has 0 N–H and O–H groups in total. The van der Waals surface area contributed by atoms with E-state index in [2.05, 4.69) is 35.1 Å². The number of hydrogen-bond acceptors (Lipinski definition) is 4. The standard InChI is InChI=1S/C20H22N2O2/c1-3-7-16-15-22(17-8-5-4-6-9-17)20(14-21-16)24-19-12-10-18(23-2)11-13-19/h4-6,8-15,20H,3,7H2,1-2H3. The third kappa shape index (κ3) is 3.77. The lowest BCUT2D eigenvalue weighted by Gasteiger charge is -2.31. The Labute approximate surface area is 143 Å². The highest BCUT2D eigenvalue weighted by molar-refractivity contribution is 5.74. The molecular formula is C20H22N2O2. The van der Waals surface area contributed by atoms with Crippen molar-refractivity contribution in [3.05, 3.63) is 66.5 Å². The van der Waals surface area contributed by atoms with Crippen LogP contribution in [-0.2, 0) is 0 Å². The number of para-hydroxylation sites is 1. The molecule has 1 aliphatic heterocycles. The molecule has 0 saturated heterocycles. The fraction of sp³-hybridized carbons (Fsp3) is 0.250. The van der Waals surface area contributed by atoms with E-state index >= 15 is 0 Å². The van der Waals surface area contributed by atoms with Crippen LogP contribution < -0.4 is 14.4 Å². The maximum Gasteiger partial charge on any atom is 0.212 e. The van der Waals surface area contributed by atoms with E-state index in [-0.39, 0.29) is 6.23 Å². The monoisotopic (exact) mass is 322 g/mol. The molecule has 24 heavy (non-hydrogen) atoms. The first kappa shape index (κ1) is 16.1. The SMILES string of the molecule is CCCC1=CN(c2ccccc2)C(Oc2ccc(OC)cc2)C=N1. The molecule has 0 bridgehead atoms. The second-order valence-electron chi connectivity index (χ2n) is 5.58. The number of hydrogen-bond donors (Lipinski definition) is 0. The fourth-order valence-corrected chi connectivity index (χ4v) is 2.59. The number of nitrogens with zero attached hydrogens (tertiary/aromatic N) is 2. The highest BCUT2D eigenvalue weighted by atomic mass is 16.5. The molecule has 4 nitrogen and oxygen atoms in total. The average Bonchev–Trinajstić information content (AvgIpc) is 2.64. The van der Waals surface area contributed by atoms with Gasteiger partial charge in [-0.2, -0.15) is 0 Å². The van der Waals surface area contributed by atoms with Gasteiger partial charge in [-0.1, -0.05) is 31.5 Å². The molecule has 0 radical (unpaired) electrons. The summed E-state index contributed by atoms with van der Waals surface area (Å²) >= 11 is 0. The summed E-state index contributed by atoms with van der Waals surface area (Å²) in [5.74, 6) is 1.59. The van der Waals surface area contributed by atoms with E-state index in [0.29, 0.717) is 0 Å². The van der Waals surface area contributed by atoms with E-state index in [1.165, 1.54) is 0 Å². The first-order chi connectivity index (χ1) is 11.8. The van der Waals surface area contributed by atoms with Gasteiger partial charge in [0.2, 0.25) is 6.23 Å². The van der Waals surface area contributed by atoms with E-state index in [9.17, 15) is 0 Å². The zero-order valence-electron chi connectivity index (χ0n) is 14.1. The highest BCUT2D eigenvalue weighted by Crippen LogP contribution is 2.25. The number of benzene rings is 2. The van der Waals surface area contributed by atoms with Crippen molar-refractivity contribution < 1.29 is 9.47 Å². The lowest BCUT2D eigenvalue weighted by molar-refractivity contribution is 0.273. The molecule has 3 rings (SSSR count).